The number of fused-ring (bicyclic) bond motifs is 3. The SMILES string of the molecule is CC(=O)N1CCC(C(=O)N2CC[C@@]3(S(=O)(=O)C4=CCC(F)C=C4)c4ccc(OCc5c(F)cccc5Cl)cc4CC[C@@H]23)CC1. The third-order valence-electron chi connectivity index (χ3n) is 9.68. The van der Waals surface area contributed by atoms with Crippen molar-refractivity contribution >= 4 is 33.3 Å². The van der Waals surface area contributed by atoms with Crippen molar-refractivity contribution in [1.82, 2.24) is 9.80 Å². The van der Waals surface area contributed by atoms with Gasteiger partial charge in [-0.2, -0.15) is 0 Å². The number of benzene rings is 2. The first-order valence-electron chi connectivity index (χ1n) is 15.0. The highest BCUT2D eigenvalue weighted by Gasteiger charge is 2.61. The van der Waals surface area contributed by atoms with E-state index in [0.29, 0.717) is 50.1 Å². The van der Waals surface area contributed by atoms with E-state index in [2.05, 4.69) is 0 Å². The fourth-order valence-corrected chi connectivity index (χ4v) is 10.0. The Morgan fingerprint density at radius 2 is 1.89 bits per heavy atom. The van der Waals surface area contributed by atoms with Crippen LogP contribution in [-0.2, 0) is 37.2 Å². The molecule has 7 nitrogen and oxygen atoms in total. The van der Waals surface area contributed by atoms with Crippen LogP contribution in [0.3, 0.4) is 0 Å². The third kappa shape index (κ3) is 5.23. The first kappa shape index (κ1) is 30.8. The van der Waals surface area contributed by atoms with E-state index in [9.17, 15) is 26.8 Å². The molecule has 0 saturated carbocycles. The first-order valence-corrected chi connectivity index (χ1v) is 16.9. The minimum atomic E-state index is -4.06. The molecule has 0 aromatic heterocycles. The molecule has 2 saturated heterocycles. The van der Waals surface area contributed by atoms with E-state index in [-0.39, 0.29) is 59.2 Å². The highest BCUT2D eigenvalue weighted by Crippen LogP contribution is 2.54. The molecule has 2 aliphatic carbocycles. The number of ether oxygens (including phenoxy) is 1. The van der Waals surface area contributed by atoms with Crippen molar-refractivity contribution in [3.8, 4) is 5.75 Å². The predicted molar refractivity (Wildman–Crippen MR) is 163 cm³/mol. The lowest BCUT2D eigenvalue weighted by Crippen LogP contribution is -2.54. The van der Waals surface area contributed by atoms with Crippen LogP contribution >= 0.6 is 11.6 Å². The zero-order valence-electron chi connectivity index (χ0n) is 24.5. The Balaban J connectivity index is 1.34. The molecule has 4 aliphatic rings. The molecular weight excluding hydrogens is 610 g/mol. The zero-order chi connectivity index (χ0) is 31.2. The number of alkyl halides is 1. The fourth-order valence-electron chi connectivity index (χ4n) is 7.34. The molecule has 2 heterocycles. The normalized spacial score (nSPS) is 25.3. The van der Waals surface area contributed by atoms with E-state index in [0.717, 1.165) is 5.56 Å². The van der Waals surface area contributed by atoms with Crippen LogP contribution < -0.4 is 4.74 Å². The van der Waals surface area contributed by atoms with Gasteiger partial charge in [0, 0.05) is 44.5 Å². The molecule has 234 valence electrons. The second-order valence-corrected chi connectivity index (χ2v) is 14.6. The van der Waals surface area contributed by atoms with E-state index < -0.39 is 32.6 Å². The number of piperidine rings is 1. The number of hydrogen-bond donors (Lipinski definition) is 0. The average molecular weight is 645 g/mol. The van der Waals surface area contributed by atoms with Crippen molar-refractivity contribution in [3.05, 3.63) is 87.1 Å². The van der Waals surface area contributed by atoms with Gasteiger partial charge in [0.2, 0.25) is 11.8 Å². The highest BCUT2D eigenvalue weighted by molar-refractivity contribution is 7.96. The standard InChI is InChI=1S/C33H35ClF2N2O5S/c1-21(39)37-16-13-22(14-17-37)32(40)38-18-15-33(44(41,42)26-9-6-24(35)7-10-26)28-11-8-25(19-23(28)5-12-31(33)38)43-20-27-29(34)3-2-4-30(27)36/h2-4,6,8-11,19,22,24,31H,5,7,12-18,20H2,1H3/t24?,31-,33-/m1/s1. The second-order valence-electron chi connectivity index (χ2n) is 12.0. The van der Waals surface area contributed by atoms with Gasteiger partial charge in [-0.3, -0.25) is 9.59 Å². The number of sulfone groups is 1. The van der Waals surface area contributed by atoms with Crippen LogP contribution in [0.2, 0.25) is 5.02 Å². The molecular formula is C33H35ClF2N2O5S. The van der Waals surface area contributed by atoms with Gasteiger partial charge in [-0.15, -0.1) is 0 Å². The lowest BCUT2D eigenvalue weighted by Gasteiger charge is -2.44. The quantitative estimate of drug-likeness (QED) is 0.406. The molecule has 2 aromatic rings. The Labute approximate surface area is 261 Å². The molecule has 0 spiro atoms. The molecule has 6 rings (SSSR count). The van der Waals surface area contributed by atoms with Crippen LogP contribution in [0.25, 0.3) is 0 Å². The van der Waals surface area contributed by atoms with E-state index in [4.69, 9.17) is 16.3 Å². The Kier molecular flexibility index (Phi) is 8.34. The number of rotatable bonds is 6. The molecule has 2 aliphatic heterocycles. The first-order chi connectivity index (χ1) is 21.0. The number of carbonyl (C=O) groups is 2. The number of nitrogens with zero attached hydrogens (tertiary/aromatic N) is 2. The monoisotopic (exact) mass is 644 g/mol. The molecule has 0 bridgehead atoms. The zero-order valence-corrected chi connectivity index (χ0v) is 26.0. The molecule has 44 heavy (non-hydrogen) atoms. The lowest BCUT2D eigenvalue weighted by atomic mass is 9.78. The van der Waals surface area contributed by atoms with Gasteiger partial charge in [-0.25, -0.2) is 17.2 Å². The topological polar surface area (TPSA) is 84.0 Å². The molecule has 0 N–H and O–H groups in total. The summed E-state index contributed by atoms with van der Waals surface area (Å²) < 4.78 is 62.1. The van der Waals surface area contributed by atoms with Gasteiger partial charge < -0.3 is 14.5 Å². The number of allylic oxidation sites excluding steroid dienone is 3. The van der Waals surface area contributed by atoms with Crippen molar-refractivity contribution in [2.45, 2.75) is 69.0 Å². The summed E-state index contributed by atoms with van der Waals surface area (Å²) >= 11 is 6.17. The second kappa shape index (κ2) is 11.9. The molecule has 2 fully saturated rings. The maximum Gasteiger partial charge on any atom is 0.226 e. The molecule has 2 amide bonds. The average Bonchev–Trinajstić information content (AvgIpc) is 3.42. The number of halogens is 3. The maximum atomic E-state index is 14.6. The van der Waals surface area contributed by atoms with Crippen molar-refractivity contribution in [2.75, 3.05) is 19.6 Å². The summed E-state index contributed by atoms with van der Waals surface area (Å²) in [6, 6.07) is 9.04. The van der Waals surface area contributed by atoms with Crippen LogP contribution in [0.15, 0.2) is 59.5 Å². The summed E-state index contributed by atoms with van der Waals surface area (Å²) in [6.07, 6.45) is 5.02. The van der Waals surface area contributed by atoms with Crippen LogP contribution in [0.4, 0.5) is 8.78 Å². The summed E-state index contributed by atoms with van der Waals surface area (Å²) in [6.45, 7) is 2.70. The molecule has 1 unspecified atom stereocenters. The Morgan fingerprint density at radius 3 is 2.57 bits per heavy atom. The maximum absolute atomic E-state index is 14.6. The molecule has 0 radical (unpaired) electrons. The van der Waals surface area contributed by atoms with Gasteiger partial charge in [-0.1, -0.05) is 29.8 Å². The number of amides is 2. The van der Waals surface area contributed by atoms with E-state index >= 15 is 0 Å². The predicted octanol–water partition coefficient (Wildman–Crippen LogP) is 5.66. The Hall–Kier alpha value is -3.24. The van der Waals surface area contributed by atoms with Crippen molar-refractivity contribution in [3.63, 3.8) is 0 Å². The van der Waals surface area contributed by atoms with Gasteiger partial charge >= 0.3 is 0 Å². The number of hydrogen-bond acceptors (Lipinski definition) is 5. The number of aryl methyl sites for hydroxylation is 1. The Morgan fingerprint density at radius 1 is 1.11 bits per heavy atom. The number of carbonyl (C=O) groups excluding carboxylic acids is 2. The van der Waals surface area contributed by atoms with E-state index in [1.165, 1.54) is 37.3 Å². The highest BCUT2D eigenvalue weighted by atomic mass is 35.5. The molecule has 2 aromatic carbocycles. The van der Waals surface area contributed by atoms with Gasteiger partial charge in [0.1, 0.15) is 29.1 Å². The van der Waals surface area contributed by atoms with Gasteiger partial charge in [0.15, 0.2) is 9.84 Å². The summed E-state index contributed by atoms with van der Waals surface area (Å²) in [5.74, 6) is -0.398. The van der Waals surface area contributed by atoms with Crippen molar-refractivity contribution < 1.29 is 31.5 Å². The van der Waals surface area contributed by atoms with Crippen LogP contribution in [-0.4, -0.2) is 61.9 Å². The van der Waals surface area contributed by atoms with Crippen molar-refractivity contribution in [1.29, 1.82) is 0 Å². The van der Waals surface area contributed by atoms with E-state index in [1.807, 2.05) is 0 Å². The minimum absolute atomic E-state index is 0.0178. The van der Waals surface area contributed by atoms with Gasteiger partial charge in [0.05, 0.1) is 16.0 Å². The minimum Gasteiger partial charge on any atom is -0.489 e. The van der Waals surface area contributed by atoms with E-state index in [1.54, 1.807) is 34.1 Å². The van der Waals surface area contributed by atoms with Crippen molar-refractivity contribution in [2.24, 2.45) is 5.92 Å². The summed E-state index contributed by atoms with van der Waals surface area (Å²) in [4.78, 5) is 29.3. The van der Waals surface area contributed by atoms with Crippen LogP contribution in [0, 0.1) is 11.7 Å². The smallest absolute Gasteiger partial charge is 0.226 e. The Bertz CT molecular complexity index is 1630. The lowest BCUT2D eigenvalue weighted by molar-refractivity contribution is -0.141. The largest absolute Gasteiger partial charge is 0.489 e. The van der Waals surface area contributed by atoms with Crippen LogP contribution in [0.5, 0.6) is 5.75 Å². The summed E-state index contributed by atoms with van der Waals surface area (Å²) in [5.41, 5.74) is 1.63. The molecule has 11 heteroatoms. The van der Waals surface area contributed by atoms with Gasteiger partial charge in [0.25, 0.3) is 0 Å². The third-order valence-corrected chi connectivity index (χ3v) is 12.6. The summed E-state index contributed by atoms with van der Waals surface area (Å²) in [5, 5.41) is 0.253. The molecule has 3 atom stereocenters. The van der Waals surface area contributed by atoms with Crippen LogP contribution in [0.1, 0.15) is 55.7 Å². The number of likely N-dealkylation sites (tertiary alicyclic amines) is 2. The fraction of sp³-hybridized carbons (Fsp3) is 0.455. The van der Waals surface area contributed by atoms with Gasteiger partial charge in [-0.05, 0) is 79.6 Å². The summed E-state index contributed by atoms with van der Waals surface area (Å²) in [7, 11) is -4.06.